The molecule has 3 heteroatoms. The van der Waals surface area contributed by atoms with Gasteiger partial charge < -0.3 is 9.84 Å². The average Bonchev–Trinajstić information content (AvgIpc) is 2.46. The predicted molar refractivity (Wildman–Crippen MR) is 68.7 cm³/mol. The SMILES string of the molecule is COc1ccccc1C(O)C(=O)c1ccccc1. The fourth-order valence-electron chi connectivity index (χ4n) is 1.79. The Labute approximate surface area is 106 Å². The minimum atomic E-state index is -1.21. The monoisotopic (exact) mass is 242 g/mol. The van der Waals surface area contributed by atoms with Crippen molar-refractivity contribution in [3.63, 3.8) is 0 Å². The Bertz CT molecular complexity index is 534. The van der Waals surface area contributed by atoms with Gasteiger partial charge in [0.25, 0.3) is 0 Å². The van der Waals surface area contributed by atoms with Crippen LogP contribution in [-0.2, 0) is 0 Å². The van der Waals surface area contributed by atoms with Gasteiger partial charge in [-0.25, -0.2) is 0 Å². The molecule has 2 rings (SSSR count). The van der Waals surface area contributed by atoms with Crippen LogP contribution in [0.5, 0.6) is 5.75 Å². The Balaban J connectivity index is 2.31. The summed E-state index contributed by atoms with van der Waals surface area (Å²) in [6.07, 6.45) is -1.21. The molecular weight excluding hydrogens is 228 g/mol. The van der Waals surface area contributed by atoms with E-state index in [0.29, 0.717) is 16.9 Å². The summed E-state index contributed by atoms with van der Waals surface area (Å²) in [4.78, 5) is 12.1. The Kier molecular flexibility index (Phi) is 3.75. The van der Waals surface area contributed by atoms with Gasteiger partial charge in [0.1, 0.15) is 11.9 Å². The van der Waals surface area contributed by atoms with E-state index < -0.39 is 6.10 Å². The molecule has 1 atom stereocenters. The maximum absolute atomic E-state index is 12.1. The summed E-state index contributed by atoms with van der Waals surface area (Å²) >= 11 is 0. The average molecular weight is 242 g/mol. The van der Waals surface area contributed by atoms with Gasteiger partial charge in [-0.1, -0.05) is 48.5 Å². The van der Waals surface area contributed by atoms with Crippen molar-refractivity contribution in [2.75, 3.05) is 7.11 Å². The molecule has 0 saturated heterocycles. The first-order chi connectivity index (χ1) is 8.74. The molecule has 0 bridgehead atoms. The molecule has 2 aromatic rings. The number of Topliss-reactive ketones (excluding diaryl/α,β-unsaturated/α-hetero) is 1. The molecule has 0 radical (unpaired) electrons. The van der Waals surface area contributed by atoms with Crippen molar-refractivity contribution in [3.8, 4) is 5.75 Å². The molecule has 0 aliphatic rings. The molecule has 0 amide bonds. The molecule has 92 valence electrons. The maximum atomic E-state index is 12.1. The lowest BCUT2D eigenvalue weighted by Gasteiger charge is -2.13. The lowest BCUT2D eigenvalue weighted by atomic mass is 9.99. The van der Waals surface area contributed by atoms with Gasteiger partial charge in [0.2, 0.25) is 0 Å². The summed E-state index contributed by atoms with van der Waals surface area (Å²) in [7, 11) is 1.51. The second-order valence-corrected chi connectivity index (χ2v) is 3.87. The van der Waals surface area contributed by atoms with Crippen LogP contribution in [0.25, 0.3) is 0 Å². The standard InChI is InChI=1S/C15H14O3/c1-18-13-10-6-5-9-12(13)15(17)14(16)11-7-3-2-4-8-11/h2-10,15,17H,1H3. The molecule has 0 fully saturated rings. The molecule has 0 saturated carbocycles. The van der Waals surface area contributed by atoms with Crippen molar-refractivity contribution < 1.29 is 14.6 Å². The van der Waals surface area contributed by atoms with E-state index >= 15 is 0 Å². The van der Waals surface area contributed by atoms with Crippen LogP contribution in [0, 0.1) is 0 Å². The van der Waals surface area contributed by atoms with Gasteiger partial charge in [-0.3, -0.25) is 4.79 Å². The minimum Gasteiger partial charge on any atom is -0.496 e. The van der Waals surface area contributed by atoms with Gasteiger partial charge in [-0.2, -0.15) is 0 Å². The lowest BCUT2D eigenvalue weighted by molar-refractivity contribution is 0.0742. The van der Waals surface area contributed by atoms with Crippen LogP contribution >= 0.6 is 0 Å². The maximum Gasteiger partial charge on any atom is 0.195 e. The molecule has 0 aliphatic heterocycles. The van der Waals surface area contributed by atoms with E-state index in [1.54, 1.807) is 48.5 Å². The number of carbonyl (C=O) groups is 1. The van der Waals surface area contributed by atoms with E-state index in [4.69, 9.17) is 4.74 Å². The fraction of sp³-hybridized carbons (Fsp3) is 0.133. The first kappa shape index (κ1) is 12.3. The number of hydrogen-bond donors (Lipinski definition) is 1. The van der Waals surface area contributed by atoms with Gasteiger partial charge in [0.05, 0.1) is 7.11 Å². The zero-order valence-electron chi connectivity index (χ0n) is 10.0. The number of ether oxygens (including phenoxy) is 1. The van der Waals surface area contributed by atoms with E-state index in [-0.39, 0.29) is 5.78 Å². The highest BCUT2D eigenvalue weighted by Gasteiger charge is 2.21. The van der Waals surface area contributed by atoms with Gasteiger partial charge in [0, 0.05) is 11.1 Å². The number of hydrogen-bond acceptors (Lipinski definition) is 3. The molecule has 3 nitrogen and oxygen atoms in total. The number of methoxy groups -OCH3 is 1. The molecule has 0 heterocycles. The molecular formula is C15H14O3. The smallest absolute Gasteiger partial charge is 0.195 e. The summed E-state index contributed by atoms with van der Waals surface area (Å²) in [5, 5.41) is 10.1. The van der Waals surface area contributed by atoms with Crippen molar-refractivity contribution in [2.24, 2.45) is 0 Å². The summed E-state index contributed by atoms with van der Waals surface area (Å²) < 4.78 is 5.14. The first-order valence-electron chi connectivity index (χ1n) is 5.64. The van der Waals surface area contributed by atoms with Gasteiger partial charge in [-0.15, -0.1) is 0 Å². The highest BCUT2D eigenvalue weighted by atomic mass is 16.5. The van der Waals surface area contributed by atoms with E-state index in [2.05, 4.69) is 0 Å². The zero-order valence-corrected chi connectivity index (χ0v) is 10.0. The fourth-order valence-corrected chi connectivity index (χ4v) is 1.79. The van der Waals surface area contributed by atoms with E-state index in [1.165, 1.54) is 7.11 Å². The largest absolute Gasteiger partial charge is 0.496 e. The normalized spacial score (nSPS) is 11.9. The summed E-state index contributed by atoms with van der Waals surface area (Å²) in [5.41, 5.74) is 0.963. The molecule has 1 N–H and O–H groups in total. The molecule has 2 aromatic carbocycles. The van der Waals surface area contributed by atoms with Gasteiger partial charge >= 0.3 is 0 Å². The predicted octanol–water partition coefficient (Wildman–Crippen LogP) is 2.61. The summed E-state index contributed by atoms with van der Waals surface area (Å²) in [6.45, 7) is 0. The van der Waals surface area contributed by atoms with Crippen molar-refractivity contribution >= 4 is 5.78 Å². The van der Waals surface area contributed by atoms with Crippen LogP contribution in [-0.4, -0.2) is 18.0 Å². The van der Waals surface area contributed by atoms with Crippen molar-refractivity contribution in [3.05, 3.63) is 65.7 Å². The number of carbonyl (C=O) groups excluding carboxylic acids is 1. The number of benzene rings is 2. The molecule has 18 heavy (non-hydrogen) atoms. The van der Waals surface area contributed by atoms with Crippen LogP contribution in [0.2, 0.25) is 0 Å². The topological polar surface area (TPSA) is 46.5 Å². The highest BCUT2D eigenvalue weighted by Crippen LogP contribution is 2.27. The third-order valence-electron chi connectivity index (χ3n) is 2.74. The number of rotatable bonds is 4. The number of aliphatic hydroxyl groups is 1. The number of aliphatic hydroxyl groups excluding tert-OH is 1. The van der Waals surface area contributed by atoms with Crippen LogP contribution in [0.15, 0.2) is 54.6 Å². The Morgan fingerprint density at radius 1 is 1.06 bits per heavy atom. The Hall–Kier alpha value is -2.13. The van der Waals surface area contributed by atoms with Crippen LogP contribution in [0.1, 0.15) is 22.0 Å². The molecule has 1 unspecified atom stereocenters. The van der Waals surface area contributed by atoms with Crippen LogP contribution in [0.3, 0.4) is 0 Å². The number of para-hydroxylation sites is 1. The third kappa shape index (κ3) is 2.41. The molecule has 0 aromatic heterocycles. The zero-order chi connectivity index (χ0) is 13.0. The Morgan fingerprint density at radius 3 is 2.33 bits per heavy atom. The van der Waals surface area contributed by atoms with Crippen molar-refractivity contribution in [2.45, 2.75) is 6.10 Å². The molecule has 0 spiro atoms. The lowest BCUT2D eigenvalue weighted by Crippen LogP contribution is -2.13. The van der Waals surface area contributed by atoms with Crippen molar-refractivity contribution in [1.29, 1.82) is 0 Å². The number of ketones is 1. The first-order valence-corrected chi connectivity index (χ1v) is 5.64. The van der Waals surface area contributed by atoms with E-state index in [0.717, 1.165) is 0 Å². The summed E-state index contributed by atoms with van der Waals surface area (Å²) in [5.74, 6) is 0.175. The van der Waals surface area contributed by atoms with Crippen molar-refractivity contribution in [1.82, 2.24) is 0 Å². The third-order valence-corrected chi connectivity index (χ3v) is 2.74. The van der Waals surface area contributed by atoms with Crippen LogP contribution in [0.4, 0.5) is 0 Å². The Morgan fingerprint density at radius 2 is 1.67 bits per heavy atom. The minimum absolute atomic E-state index is 0.333. The van der Waals surface area contributed by atoms with E-state index in [1.807, 2.05) is 6.07 Å². The quantitative estimate of drug-likeness (QED) is 0.838. The van der Waals surface area contributed by atoms with Gasteiger partial charge in [0.15, 0.2) is 5.78 Å². The van der Waals surface area contributed by atoms with E-state index in [9.17, 15) is 9.90 Å². The van der Waals surface area contributed by atoms with Gasteiger partial charge in [-0.05, 0) is 6.07 Å². The molecule has 0 aliphatic carbocycles. The second-order valence-electron chi connectivity index (χ2n) is 3.87. The van der Waals surface area contributed by atoms with Crippen LogP contribution < -0.4 is 4.74 Å². The second kappa shape index (κ2) is 5.47. The summed E-state index contributed by atoms with van der Waals surface area (Å²) in [6, 6.07) is 15.7. The highest BCUT2D eigenvalue weighted by molar-refractivity contribution is 6.00.